The van der Waals surface area contributed by atoms with E-state index in [0.29, 0.717) is 13.0 Å². The summed E-state index contributed by atoms with van der Waals surface area (Å²) < 4.78 is 5.33. The van der Waals surface area contributed by atoms with Crippen molar-refractivity contribution in [2.24, 2.45) is 5.41 Å². The van der Waals surface area contributed by atoms with Gasteiger partial charge in [0.1, 0.15) is 6.61 Å². The average molecular weight is 247 g/mol. The second-order valence-electron chi connectivity index (χ2n) is 5.41. The second-order valence-corrected chi connectivity index (χ2v) is 5.41. The monoisotopic (exact) mass is 247 g/mol. The van der Waals surface area contributed by atoms with Crippen molar-refractivity contribution >= 4 is 5.97 Å². The predicted molar refractivity (Wildman–Crippen MR) is 71.1 cm³/mol. The lowest BCUT2D eigenvalue weighted by atomic mass is 9.80. The van der Waals surface area contributed by atoms with Crippen LogP contribution in [0.3, 0.4) is 0 Å². The van der Waals surface area contributed by atoms with E-state index in [1.807, 2.05) is 30.3 Å². The minimum absolute atomic E-state index is 0.0615. The molecule has 0 saturated carbocycles. The molecule has 1 aromatic carbocycles. The molecule has 1 aliphatic rings. The van der Waals surface area contributed by atoms with Gasteiger partial charge in [-0.2, -0.15) is 0 Å². The Morgan fingerprint density at radius 1 is 1.39 bits per heavy atom. The molecule has 0 unspecified atom stereocenters. The largest absolute Gasteiger partial charge is 0.461 e. The van der Waals surface area contributed by atoms with Gasteiger partial charge in [0.05, 0.1) is 6.42 Å². The van der Waals surface area contributed by atoms with Gasteiger partial charge in [-0.25, -0.2) is 0 Å². The third-order valence-electron chi connectivity index (χ3n) is 3.50. The van der Waals surface area contributed by atoms with Crippen LogP contribution in [-0.4, -0.2) is 19.1 Å². The van der Waals surface area contributed by atoms with Crippen LogP contribution in [0.15, 0.2) is 30.3 Å². The lowest BCUT2D eigenvalue weighted by Gasteiger charge is -2.33. The van der Waals surface area contributed by atoms with Crippen LogP contribution < -0.4 is 5.32 Å². The number of hydrogen-bond donors (Lipinski definition) is 1. The first-order valence-electron chi connectivity index (χ1n) is 6.58. The van der Waals surface area contributed by atoms with Crippen LogP contribution in [0.25, 0.3) is 0 Å². The minimum atomic E-state index is -0.0925. The third-order valence-corrected chi connectivity index (χ3v) is 3.50. The van der Waals surface area contributed by atoms with Gasteiger partial charge in [-0.15, -0.1) is 0 Å². The molecule has 1 N–H and O–H groups in total. The minimum Gasteiger partial charge on any atom is -0.461 e. The fourth-order valence-corrected chi connectivity index (χ4v) is 2.41. The summed E-state index contributed by atoms with van der Waals surface area (Å²) in [7, 11) is 0. The fourth-order valence-electron chi connectivity index (χ4n) is 2.41. The van der Waals surface area contributed by atoms with Gasteiger partial charge in [0.25, 0.3) is 0 Å². The van der Waals surface area contributed by atoms with Crippen molar-refractivity contribution in [3.8, 4) is 0 Å². The standard InChI is InChI=1S/C15H21NO2/c1-15(8-5-9-16-12-15)10-14(17)18-11-13-6-3-2-4-7-13/h2-4,6-7,16H,5,8-12H2,1H3/t15-/m1/s1. The molecule has 0 bridgehead atoms. The first-order valence-corrected chi connectivity index (χ1v) is 6.58. The number of carbonyl (C=O) groups excluding carboxylic acids is 1. The zero-order chi connectivity index (χ0) is 12.8. The number of ether oxygens (including phenoxy) is 1. The van der Waals surface area contributed by atoms with E-state index in [1.54, 1.807) is 0 Å². The predicted octanol–water partition coefficient (Wildman–Crippen LogP) is 2.51. The van der Waals surface area contributed by atoms with Gasteiger partial charge in [-0.05, 0) is 30.4 Å². The van der Waals surface area contributed by atoms with E-state index in [0.717, 1.165) is 31.5 Å². The number of piperidine rings is 1. The van der Waals surface area contributed by atoms with Gasteiger partial charge in [-0.3, -0.25) is 4.79 Å². The molecule has 1 heterocycles. The maximum absolute atomic E-state index is 11.8. The number of nitrogens with one attached hydrogen (secondary N) is 1. The Balaban J connectivity index is 1.78. The molecule has 1 fully saturated rings. The molecule has 1 aromatic rings. The molecule has 3 nitrogen and oxygen atoms in total. The maximum Gasteiger partial charge on any atom is 0.306 e. The first kappa shape index (κ1) is 13.1. The zero-order valence-electron chi connectivity index (χ0n) is 10.9. The van der Waals surface area contributed by atoms with Crippen LogP contribution >= 0.6 is 0 Å². The van der Waals surface area contributed by atoms with Crippen molar-refractivity contribution in [3.05, 3.63) is 35.9 Å². The summed E-state index contributed by atoms with van der Waals surface area (Å²) in [5.41, 5.74) is 1.10. The Bertz CT molecular complexity index is 383. The van der Waals surface area contributed by atoms with E-state index in [2.05, 4.69) is 12.2 Å². The normalized spacial score (nSPS) is 23.6. The van der Waals surface area contributed by atoms with E-state index in [-0.39, 0.29) is 11.4 Å². The molecule has 18 heavy (non-hydrogen) atoms. The Kier molecular flexibility index (Phi) is 4.37. The molecule has 1 aliphatic heterocycles. The lowest BCUT2D eigenvalue weighted by Crippen LogP contribution is -2.39. The number of benzene rings is 1. The van der Waals surface area contributed by atoms with Gasteiger partial charge in [0, 0.05) is 6.54 Å². The molecule has 98 valence electrons. The fraction of sp³-hybridized carbons (Fsp3) is 0.533. The number of rotatable bonds is 4. The molecule has 0 spiro atoms. The summed E-state index contributed by atoms with van der Waals surface area (Å²) in [5, 5.41) is 3.35. The highest BCUT2D eigenvalue weighted by Crippen LogP contribution is 2.29. The van der Waals surface area contributed by atoms with Crippen LogP contribution in [0.4, 0.5) is 0 Å². The molecular formula is C15H21NO2. The number of hydrogen-bond acceptors (Lipinski definition) is 3. The number of carbonyl (C=O) groups is 1. The van der Waals surface area contributed by atoms with Crippen LogP contribution in [0.1, 0.15) is 31.7 Å². The number of esters is 1. The van der Waals surface area contributed by atoms with Crippen LogP contribution in [0.5, 0.6) is 0 Å². The van der Waals surface area contributed by atoms with Gasteiger partial charge < -0.3 is 10.1 Å². The topological polar surface area (TPSA) is 38.3 Å². The molecule has 1 atom stereocenters. The third kappa shape index (κ3) is 3.84. The van der Waals surface area contributed by atoms with Gasteiger partial charge in [0.15, 0.2) is 0 Å². The van der Waals surface area contributed by atoms with Crippen molar-refractivity contribution < 1.29 is 9.53 Å². The highest BCUT2D eigenvalue weighted by Gasteiger charge is 2.29. The van der Waals surface area contributed by atoms with Crippen molar-refractivity contribution in [3.63, 3.8) is 0 Å². The van der Waals surface area contributed by atoms with Gasteiger partial charge in [0.2, 0.25) is 0 Å². The van der Waals surface area contributed by atoms with Crippen LogP contribution in [-0.2, 0) is 16.1 Å². The molecule has 1 saturated heterocycles. The molecule has 0 amide bonds. The van der Waals surface area contributed by atoms with Gasteiger partial charge in [-0.1, -0.05) is 37.3 Å². The summed E-state index contributed by atoms with van der Waals surface area (Å²) in [4.78, 5) is 11.8. The smallest absolute Gasteiger partial charge is 0.306 e. The van der Waals surface area contributed by atoms with E-state index in [9.17, 15) is 4.79 Å². The SMILES string of the molecule is C[C@]1(CC(=O)OCc2ccccc2)CCCNC1. The summed E-state index contributed by atoms with van der Waals surface area (Å²) in [6, 6.07) is 9.81. The van der Waals surface area contributed by atoms with Crippen LogP contribution in [0, 0.1) is 5.41 Å². The average Bonchev–Trinajstić information content (AvgIpc) is 2.38. The Hall–Kier alpha value is -1.35. The van der Waals surface area contributed by atoms with E-state index < -0.39 is 0 Å². The first-order chi connectivity index (χ1) is 8.68. The van der Waals surface area contributed by atoms with Crippen LogP contribution in [0.2, 0.25) is 0 Å². The van der Waals surface area contributed by atoms with Crippen molar-refractivity contribution in [1.29, 1.82) is 0 Å². The lowest BCUT2D eigenvalue weighted by molar-refractivity contribution is -0.147. The van der Waals surface area contributed by atoms with Crippen molar-refractivity contribution in [2.45, 2.75) is 32.8 Å². The summed E-state index contributed by atoms with van der Waals surface area (Å²) in [5.74, 6) is -0.0925. The maximum atomic E-state index is 11.8. The molecule has 0 aliphatic carbocycles. The van der Waals surface area contributed by atoms with Crippen molar-refractivity contribution in [1.82, 2.24) is 5.32 Å². The van der Waals surface area contributed by atoms with Gasteiger partial charge >= 0.3 is 5.97 Å². The Morgan fingerprint density at radius 2 is 2.17 bits per heavy atom. The Morgan fingerprint density at radius 3 is 2.83 bits per heavy atom. The molecule has 2 rings (SSSR count). The highest BCUT2D eigenvalue weighted by molar-refractivity contribution is 5.70. The van der Waals surface area contributed by atoms with E-state index in [1.165, 1.54) is 0 Å². The second kappa shape index (κ2) is 6.01. The Labute approximate surface area is 109 Å². The zero-order valence-corrected chi connectivity index (χ0v) is 10.9. The van der Waals surface area contributed by atoms with Crippen molar-refractivity contribution in [2.75, 3.05) is 13.1 Å². The molecule has 3 heteroatoms. The molecule has 0 aromatic heterocycles. The van der Waals surface area contributed by atoms with E-state index >= 15 is 0 Å². The summed E-state index contributed by atoms with van der Waals surface area (Å²) >= 11 is 0. The molecule has 0 radical (unpaired) electrons. The quantitative estimate of drug-likeness (QED) is 0.831. The summed E-state index contributed by atoms with van der Waals surface area (Å²) in [6.07, 6.45) is 2.75. The molecular weight excluding hydrogens is 226 g/mol. The van der Waals surface area contributed by atoms with E-state index in [4.69, 9.17) is 4.74 Å². The highest BCUT2D eigenvalue weighted by atomic mass is 16.5. The summed E-state index contributed by atoms with van der Waals surface area (Å²) in [6.45, 7) is 4.51.